The molecule has 0 unspecified atom stereocenters. The number of alkyl halides is 3. The Labute approximate surface area is 145 Å². The van der Waals surface area contributed by atoms with Gasteiger partial charge < -0.3 is 5.32 Å². The van der Waals surface area contributed by atoms with Crippen molar-refractivity contribution in [1.29, 1.82) is 5.26 Å². The fraction of sp³-hybridized carbons (Fsp3) is 0.118. The largest absolute Gasteiger partial charge is 0.418 e. The van der Waals surface area contributed by atoms with Crippen LogP contribution in [0.5, 0.6) is 0 Å². The van der Waals surface area contributed by atoms with Crippen LogP contribution in [0.2, 0.25) is 0 Å². The number of halogens is 3. The zero-order valence-corrected chi connectivity index (χ0v) is 13.5. The molecule has 126 valence electrons. The van der Waals surface area contributed by atoms with Gasteiger partial charge in [0.1, 0.15) is 10.0 Å². The van der Waals surface area contributed by atoms with Gasteiger partial charge in [0.15, 0.2) is 0 Å². The monoisotopic (exact) mass is 360 g/mol. The highest BCUT2D eigenvalue weighted by molar-refractivity contribution is 7.14. The maximum absolute atomic E-state index is 13.1. The average molecular weight is 360 g/mol. The van der Waals surface area contributed by atoms with Gasteiger partial charge in [0.2, 0.25) is 0 Å². The normalized spacial score (nSPS) is 11.1. The first-order chi connectivity index (χ1) is 12.0. The van der Waals surface area contributed by atoms with Gasteiger partial charge in [0.05, 0.1) is 23.7 Å². The Bertz CT molecular complexity index is 914. The minimum atomic E-state index is -4.51. The van der Waals surface area contributed by atoms with E-state index in [9.17, 15) is 13.2 Å². The van der Waals surface area contributed by atoms with Crippen molar-refractivity contribution in [1.82, 2.24) is 10.2 Å². The van der Waals surface area contributed by atoms with E-state index in [-0.39, 0.29) is 17.8 Å². The Balaban J connectivity index is 1.80. The predicted molar refractivity (Wildman–Crippen MR) is 88.8 cm³/mol. The van der Waals surface area contributed by atoms with Crippen LogP contribution in [0.4, 0.5) is 18.9 Å². The Morgan fingerprint density at radius 2 is 1.84 bits per heavy atom. The van der Waals surface area contributed by atoms with Gasteiger partial charge in [-0.25, -0.2) is 0 Å². The molecule has 0 bridgehead atoms. The lowest BCUT2D eigenvalue weighted by Crippen LogP contribution is -2.11. The summed E-state index contributed by atoms with van der Waals surface area (Å²) in [5.41, 5.74) is 0.0776. The smallest absolute Gasteiger partial charge is 0.378 e. The topological polar surface area (TPSA) is 61.6 Å². The highest BCUT2D eigenvalue weighted by atomic mass is 32.1. The molecule has 0 atom stereocenters. The van der Waals surface area contributed by atoms with Crippen LogP contribution in [0.3, 0.4) is 0 Å². The third-order valence-corrected chi connectivity index (χ3v) is 4.34. The number of aromatic nitrogens is 2. The lowest BCUT2D eigenvalue weighted by Gasteiger charge is -2.14. The van der Waals surface area contributed by atoms with Crippen LogP contribution in [-0.4, -0.2) is 10.2 Å². The van der Waals surface area contributed by atoms with Gasteiger partial charge in [-0.15, -0.1) is 10.2 Å². The lowest BCUT2D eigenvalue weighted by atomic mass is 10.1. The third-order valence-electron chi connectivity index (χ3n) is 3.37. The van der Waals surface area contributed by atoms with Gasteiger partial charge in [0.25, 0.3) is 0 Å². The van der Waals surface area contributed by atoms with Gasteiger partial charge in [-0.2, -0.15) is 18.4 Å². The Kier molecular flexibility index (Phi) is 4.67. The van der Waals surface area contributed by atoms with Crippen molar-refractivity contribution in [3.63, 3.8) is 0 Å². The van der Waals surface area contributed by atoms with Crippen molar-refractivity contribution in [2.75, 3.05) is 5.32 Å². The first-order valence-corrected chi connectivity index (χ1v) is 8.02. The molecule has 0 aliphatic carbocycles. The molecule has 25 heavy (non-hydrogen) atoms. The molecule has 0 saturated heterocycles. The molecule has 1 aromatic heterocycles. The number of hydrogen-bond donors (Lipinski definition) is 1. The Morgan fingerprint density at radius 1 is 1.08 bits per heavy atom. The van der Waals surface area contributed by atoms with Crippen LogP contribution in [-0.2, 0) is 12.7 Å². The van der Waals surface area contributed by atoms with E-state index in [1.54, 1.807) is 0 Å². The molecule has 0 radical (unpaired) electrons. The molecule has 4 nitrogen and oxygen atoms in total. The summed E-state index contributed by atoms with van der Waals surface area (Å²) >= 11 is 1.30. The van der Waals surface area contributed by atoms with E-state index in [1.165, 1.54) is 17.4 Å². The summed E-state index contributed by atoms with van der Waals surface area (Å²) in [5, 5.41) is 20.9. The molecule has 0 spiro atoms. The fourth-order valence-corrected chi connectivity index (χ4v) is 2.99. The van der Waals surface area contributed by atoms with Crippen LogP contribution in [0.1, 0.15) is 16.1 Å². The summed E-state index contributed by atoms with van der Waals surface area (Å²) in [6, 6.07) is 14.5. The molecule has 1 heterocycles. The highest BCUT2D eigenvalue weighted by Crippen LogP contribution is 2.35. The van der Waals surface area contributed by atoms with Crippen molar-refractivity contribution in [2.24, 2.45) is 0 Å². The summed E-state index contributed by atoms with van der Waals surface area (Å²) in [5.74, 6) is 0. The highest BCUT2D eigenvalue weighted by Gasteiger charge is 2.33. The molecule has 0 fully saturated rings. The van der Waals surface area contributed by atoms with E-state index >= 15 is 0 Å². The van der Waals surface area contributed by atoms with Crippen molar-refractivity contribution in [3.05, 3.63) is 64.7 Å². The number of nitrogens with one attached hydrogen (secondary N) is 1. The van der Waals surface area contributed by atoms with E-state index in [1.807, 2.05) is 36.4 Å². The quantitative estimate of drug-likeness (QED) is 0.732. The van der Waals surface area contributed by atoms with Crippen LogP contribution < -0.4 is 5.32 Å². The molecular weight excluding hydrogens is 349 g/mol. The zero-order valence-electron chi connectivity index (χ0n) is 12.7. The third kappa shape index (κ3) is 3.95. The molecule has 3 aromatic rings. The van der Waals surface area contributed by atoms with E-state index in [4.69, 9.17) is 5.26 Å². The minimum absolute atomic E-state index is 0.0858. The van der Waals surface area contributed by atoms with E-state index < -0.39 is 11.7 Å². The molecule has 1 N–H and O–H groups in total. The summed E-state index contributed by atoms with van der Waals surface area (Å²) in [7, 11) is 0. The maximum atomic E-state index is 13.1. The van der Waals surface area contributed by atoms with E-state index in [0.717, 1.165) is 17.7 Å². The van der Waals surface area contributed by atoms with Gasteiger partial charge >= 0.3 is 6.18 Å². The van der Waals surface area contributed by atoms with Crippen molar-refractivity contribution < 1.29 is 13.2 Å². The van der Waals surface area contributed by atoms with Crippen LogP contribution in [0, 0.1) is 11.3 Å². The zero-order chi connectivity index (χ0) is 17.9. The van der Waals surface area contributed by atoms with Crippen LogP contribution in [0.25, 0.3) is 10.6 Å². The summed E-state index contributed by atoms with van der Waals surface area (Å²) in [4.78, 5) is 0. The van der Waals surface area contributed by atoms with Crippen LogP contribution in [0.15, 0.2) is 48.5 Å². The molecule has 0 amide bonds. The molecule has 0 aliphatic heterocycles. The summed E-state index contributed by atoms with van der Waals surface area (Å²) < 4.78 is 39.3. The first kappa shape index (κ1) is 16.9. The number of nitriles is 1. The van der Waals surface area contributed by atoms with Crippen molar-refractivity contribution in [2.45, 2.75) is 12.7 Å². The second kappa shape index (κ2) is 6.91. The second-order valence-corrected chi connectivity index (χ2v) is 6.15. The average Bonchev–Trinajstić information content (AvgIpc) is 3.08. The molecule has 2 aromatic carbocycles. The number of rotatable bonds is 4. The van der Waals surface area contributed by atoms with Gasteiger partial charge in [-0.05, 0) is 18.2 Å². The van der Waals surface area contributed by atoms with Crippen molar-refractivity contribution >= 4 is 17.0 Å². The Hall–Kier alpha value is -2.92. The van der Waals surface area contributed by atoms with Gasteiger partial charge in [0, 0.05) is 11.3 Å². The lowest BCUT2D eigenvalue weighted by molar-refractivity contribution is -0.137. The van der Waals surface area contributed by atoms with Gasteiger partial charge in [-0.1, -0.05) is 41.7 Å². The Morgan fingerprint density at radius 3 is 2.52 bits per heavy atom. The minimum Gasteiger partial charge on any atom is -0.378 e. The number of benzene rings is 2. The molecule has 3 rings (SSSR count). The number of nitrogens with zero attached hydrogens (tertiary/aromatic N) is 3. The van der Waals surface area contributed by atoms with E-state index in [2.05, 4.69) is 15.5 Å². The first-order valence-electron chi connectivity index (χ1n) is 7.20. The standard InChI is InChI=1S/C17H11F3N4S/c18-17(19,20)13-7-6-11(9-21)8-14(13)22-10-15-23-24-16(25-15)12-4-2-1-3-5-12/h1-8,22H,10H2. The molecule has 0 saturated carbocycles. The number of hydrogen-bond acceptors (Lipinski definition) is 5. The predicted octanol–water partition coefficient (Wildman–Crippen LogP) is 4.71. The van der Waals surface area contributed by atoms with E-state index in [0.29, 0.717) is 10.0 Å². The van der Waals surface area contributed by atoms with Crippen LogP contribution >= 0.6 is 11.3 Å². The molecule has 0 aliphatic rings. The summed E-state index contributed by atoms with van der Waals surface area (Å²) in [6.07, 6.45) is -4.51. The second-order valence-electron chi connectivity index (χ2n) is 5.09. The molecule has 8 heteroatoms. The number of anilines is 1. The fourth-order valence-electron chi connectivity index (χ4n) is 2.20. The summed E-state index contributed by atoms with van der Waals surface area (Å²) in [6.45, 7) is 0.0858. The van der Waals surface area contributed by atoms with Crippen molar-refractivity contribution in [3.8, 4) is 16.6 Å². The van der Waals surface area contributed by atoms with Gasteiger partial charge in [-0.3, -0.25) is 0 Å². The maximum Gasteiger partial charge on any atom is 0.418 e. The SMILES string of the molecule is N#Cc1ccc(C(F)(F)F)c(NCc2nnc(-c3ccccc3)s2)c1. The molecular formula is C17H11F3N4S.